The van der Waals surface area contributed by atoms with Gasteiger partial charge in [-0.25, -0.2) is 0 Å². The van der Waals surface area contributed by atoms with E-state index >= 15 is 0 Å². The van der Waals surface area contributed by atoms with E-state index in [1.165, 1.54) is 38.5 Å². The summed E-state index contributed by atoms with van der Waals surface area (Å²) in [4.78, 5) is 2.51. The first-order valence-electron chi connectivity index (χ1n) is 8.77. The van der Waals surface area contributed by atoms with Gasteiger partial charge in [0.1, 0.15) is 5.82 Å². The van der Waals surface area contributed by atoms with Crippen LogP contribution in [0.3, 0.4) is 0 Å². The predicted octanol–water partition coefficient (Wildman–Crippen LogP) is 3.41. The van der Waals surface area contributed by atoms with Crippen LogP contribution in [0, 0.1) is 5.92 Å². The van der Waals surface area contributed by atoms with E-state index in [2.05, 4.69) is 41.1 Å². The van der Waals surface area contributed by atoms with E-state index in [1.54, 1.807) is 0 Å². The Bertz CT molecular complexity index is 660. The largest absolute Gasteiger partial charge is 0.352 e. The molecule has 2 atom stereocenters. The monoisotopic (exact) mass is 299 g/mol. The molecule has 118 valence electrons. The van der Waals surface area contributed by atoms with Crippen molar-refractivity contribution in [2.24, 2.45) is 5.92 Å². The van der Waals surface area contributed by atoms with Gasteiger partial charge in [-0.3, -0.25) is 0 Å². The van der Waals surface area contributed by atoms with Gasteiger partial charge in [0.05, 0.1) is 0 Å². The van der Waals surface area contributed by atoms with Crippen LogP contribution in [0.1, 0.15) is 64.1 Å². The third kappa shape index (κ3) is 2.36. The van der Waals surface area contributed by atoms with Crippen molar-refractivity contribution in [2.75, 3.05) is 11.4 Å². The SMILES string of the molecule is CCCC(C)C1CCCN1c1ccc2nnc(C3CC3)n2n1. The summed E-state index contributed by atoms with van der Waals surface area (Å²) in [6.45, 7) is 5.79. The van der Waals surface area contributed by atoms with Gasteiger partial charge in [-0.1, -0.05) is 20.3 Å². The zero-order chi connectivity index (χ0) is 15.1. The van der Waals surface area contributed by atoms with E-state index in [9.17, 15) is 0 Å². The van der Waals surface area contributed by atoms with Crippen molar-refractivity contribution in [3.63, 3.8) is 0 Å². The Balaban J connectivity index is 1.66. The fourth-order valence-corrected chi connectivity index (χ4v) is 3.86. The van der Waals surface area contributed by atoms with Crippen LogP contribution in [0.5, 0.6) is 0 Å². The smallest absolute Gasteiger partial charge is 0.178 e. The Hall–Kier alpha value is -1.65. The summed E-state index contributed by atoms with van der Waals surface area (Å²) in [5.74, 6) is 3.45. The van der Waals surface area contributed by atoms with E-state index in [1.807, 2.05) is 4.52 Å². The molecule has 1 saturated heterocycles. The number of anilines is 1. The van der Waals surface area contributed by atoms with Gasteiger partial charge in [-0.15, -0.1) is 15.3 Å². The molecule has 5 heteroatoms. The maximum Gasteiger partial charge on any atom is 0.178 e. The summed E-state index contributed by atoms with van der Waals surface area (Å²) in [5, 5.41) is 13.5. The number of rotatable bonds is 5. The number of hydrogen-bond acceptors (Lipinski definition) is 4. The fourth-order valence-electron chi connectivity index (χ4n) is 3.86. The summed E-state index contributed by atoms with van der Waals surface area (Å²) >= 11 is 0. The Labute approximate surface area is 131 Å². The molecule has 0 N–H and O–H groups in total. The van der Waals surface area contributed by atoms with Crippen LogP contribution >= 0.6 is 0 Å². The molecular weight excluding hydrogens is 274 g/mol. The zero-order valence-electron chi connectivity index (χ0n) is 13.6. The van der Waals surface area contributed by atoms with Crippen LogP contribution in [0.15, 0.2) is 12.1 Å². The van der Waals surface area contributed by atoms with Gasteiger partial charge in [0.2, 0.25) is 0 Å². The molecule has 0 radical (unpaired) electrons. The van der Waals surface area contributed by atoms with Crippen LogP contribution in [-0.2, 0) is 0 Å². The van der Waals surface area contributed by atoms with Gasteiger partial charge in [-0.2, -0.15) is 4.52 Å². The Morgan fingerprint density at radius 1 is 1.23 bits per heavy atom. The van der Waals surface area contributed by atoms with Crippen molar-refractivity contribution in [2.45, 2.75) is 64.3 Å². The maximum atomic E-state index is 4.89. The highest BCUT2D eigenvalue weighted by atomic mass is 15.4. The third-order valence-corrected chi connectivity index (χ3v) is 5.21. The van der Waals surface area contributed by atoms with E-state index in [0.717, 1.165) is 29.8 Å². The molecule has 0 aromatic carbocycles. The topological polar surface area (TPSA) is 46.3 Å². The molecule has 1 aliphatic carbocycles. The summed E-state index contributed by atoms with van der Waals surface area (Å²) in [7, 11) is 0. The summed E-state index contributed by atoms with van der Waals surface area (Å²) < 4.78 is 1.98. The van der Waals surface area contributed by atoms with Gasteiger partial charge in [0.25, 0.3) is 0 Å². The Kier molecular flexibility index (Phi) is 3.51. The molecule has 2 aromatic rings. The van der Waals surface area contributed by atoms with Gasteiger partial charge < -0.3 is 4.90 Å². The molecule has 0 spiro atoms. The second kappa shape index (κ2) is 5.52. The highest BCUT2D eigenvalue weighted by Gasteiger charge is 2.32. The molecule has 22 heavy (non-hydrogen) atoms. The molecule has 5 nitrogen and oxygen atoms in total. The van der Waals surface area contributed by atoms with Gasteiger partial charge in [-0.05, 0) is 50.2 Å². The van der Waals surface area contributed by atoms with Gasteiger partial charge >= 0.3 is 0 Å². The Morgan fingerprint density at radius 3 is 2.86 bits per heavy atom. The van der Waals surface area contributed by atoms with Crippen LogP contribution in [-0.4, -0.2) is 32.4 Å². The molecule has 2 aliphatic rings. The average molecular weight is 299 g/mol. The molecule has 0 bridgehead atoms. The molecule has 1 aliphatic heterocycles. The lowest BCUT2D eigenvalue weighted by Crippen LogP contribution is -2.35. The van der Waals surface area contributed by atoms with Gasteiger partial charge in [0, 0.05) is 18.5 Å². The lowest BCUT2D eigenvalue weighted by Gasteiger charge is -2.30. The molecular formula is C17H25N5. The Morgan fingerprint density at radius 2 is 2.09 bits per heavy atom. The second-order valence-electron chi connectivity index (χ2n) is 6.96. The van der Waals surface area contributed by atoms with Crippen LogP contribution in [0.25, 0.3) is 5.65 Å². The summed E-state index contributed by atoms with van der Waals surface area (Å²) in [6.07, 6.45) is 7.58. The number of fused-ring (bicyclic) bond motifs is 1. The minimum atomic E-state index is 0.575. The third-order valence-electron chi connectivity index (χ3n) is 5.21. The summed E-state index contributed by atoms with van der Waals surface area (Å²) in [6, 6.07) is 4.82. The van der Waals surface area contributed by atoms with Gasteiger partial charge in [0.15, 0.2) is 11.5 Å². The molecule has 3 heterocycles. The van der Waals surface area contributed by atoms with E-state index < -0.39 is 0 Å². The van der Waals surface area contributed by atoms with Crippen LogP contribution < -0.4 is 4.90 Å². The van der Waals surface area contributed by atoms with E-state index in [0.29, 0.717) is 12.0 Å². The molecule has 4 rings (SSSR count). The maximum absolute atomic E-state index is 4.89. The standard InChI is InChI=1S/C17H25N5/c1-3-5-12(2)14-6-4-11-21(14)16-10-9-15-18-19-17(13-7-8-13)22(15)20-16/h9-10,12-14H,3-8,11H2,1-2H3. The zero-order valence-corrected chi connectivity index (χ0v) is 13.6. The first-order valence-corrected chi connectivity index (χ1v) is 8.77. The van der Waals surface area contributed by atoms with Crippen molar-refractivity contribution < 1.29 is 0 Å². The first-order chi connectivity index (χ1) is 10.8. The van der Waals surface area contributed by atoms with Crippen LogP contribution in [0.2, 0.25) is 0 Å². The average Bonchev–Trinajstić information content (AvgIpc) is 3.11. The minimum absolute atomic E-state index is 0.575. The van der Waals surface area contributed by atoms with Crippen molar-refractivity contribution in [1.82, 2.24) is 19.8 Å². The second-order valence-corrected chi connectivity index (χ2v) is 6.96. The number of aromatic nitrogens is 4. The number of hydrogen-bond donors (Lipinski definition) is 0. The quantitative estimate of drug-likeness (QED) is 0.849. The van der Waals surface area contributed by atoms with Crippen molar-refractivity contribution >= 4 is 11.5 Å². The minimum Gasteiger partial charge on any atom is -0.352 e. The molecule has 0 amide bonds. The lowest BCUT2D eigenvalue weighted by atomic mass is 9.95. The van der Waals surface area contributed by atoms with E-state index in [-0.39, 0.29) is 0 Å². The predicted molar refractivity (Wildman–Crippen MR) is 87.2 cm³/mol. The highest BCUT2D eigenvalue weighted by molar-refractivity contribution is 5.47. The molecule has 1 saturated carbocycles. The molecule has 2 unspecified atom stereocenters. The van der Waals surface area contributed by atoms with Crippen LogP contribution in [0.4, 0.5) is 5.82 Å². The fraction of sp³-hybridized carbons (Fsp3) is 0.706. The molecule has 2 aromatic heterocycles. The number of nitrogens with zero attached hydrogens (tertiary/aromatic N) is 5. The highest BCUT2D eigenvalue weighted by Crippen LogP contribution is 2.39. The molecule has 2 fully saturated rings. The van der Waals surface area contributed by atoms with E-state index in [4.69, 9.17) is 5.10 Å². The normalized spacial score (nSPS) is 23.4. The van der Waals surface area contributed by atoms with Crippen molar-refractivity contribution in [3.05, 3.63) is 18.0 Å². The van der Waals surface area contributed by atoms with Crippen molar-refractivity contribution in [1.29, 1.82) is 0 Å². The lowest BCUT2D eigenvalue weighted by molar-refractivity contribution is 0.419. The first kappa shape index (κ1) is 14.0. The summed E-state index contributed by atoms with van der Waals surface area (Å²) in [5.41, 5.74) is 0.878. The van der Waals surface area contributed by atoms with Crippen molar-refractivity contribution in [3.8, 4) is 0 Å².